The van der Waals surface area contributed by atoms with Crippen molar-refractivity contribution in [3.8, 4) is 0 Å². The number of morpholine rings is 1. The monoisotopic (exact) mass is 471 g/mol. The quantitative estimate of drug-likeness (QED) is 0.504. The lowest BCUT2D eigenvalue weighted by molar-refractivity contribution is 0.00791. The molecule has 0 spiro atoms. The summed E-state index contributed by atoms with van der Waals surface area (Å²) in [6.45, 7) is 8.24. The highest BCUT2D eigenvalue weighted by Crippen LogP contribution is 2.29. The second-order valence-corrected chi connectivity index (χ2v) is 9.67. The largest absolute Gasteiger partial charge is 0.379 e. The van der Waals surface area contributed by atoms with Gasteiger partial charge in [0.2, 0.25) is 5.95 Å². The Balaban J connectivity index is 0.00000180. The summed E-state index contributed by atoms with van der Waals surface area (Å²) in [5.74, 6) is 1.40. The maximum atomic E-state index is 5.52. The Kier molecular flexibility index (Phi) is 6.96. The van der Waals surface area contributed by atoms with E-state index < -0.39 is 0 Å². The van der Waals surface area contributed by atoms with Crippen molar-refractivity contribution >= 4 is 28.5 Å². The zero-order valence-corrected chi connectivity index (χ0v) is 20.6. The van der Waals surface area contributed by atoms with E-state index >= 15 is 0 Å². The highest BCUT2D eigenvalue weighted by molar-refractivity contribution is 5.87. The fourth-order valence-electron chi connectivity index (χ4n) is 5.28. The summed E-state index contributed by atoms with van der Waals surface area (Å²) >= 11 is 0. The van der Waals surface area contributed by atoms with Crippen molar-refractivity contribution in [1.29, 1.82) is 0 Å². The Hall–Kier alpha value is -2.72. The third kappa shape index (κ3) is 5.02. The zero-order chi connectivity index (χ0) is 23.5. The van der Waals surface area contributed by atoms with Crippen molar-refractivity contribution in [2.45, 2.75) is 70.5 Å². The lowest BCUT2D eigenvalue weighted by Crippen LogP contribution is -2.46. The lowest BCUT2D eigenvalue weighted by Gasteiger charge is -2.39. The molecule has 1 saturated heterocycles. The van der Waals surface area contributed by atoms with Gasteiger partial charge in [-0.1, -0.05) is 13.3 Å². The van der Waals surface area contributed by atoms with Crippen LogP contribution in [0.25, 0.3) is 11.0 Å². The molecular formula is C24H41N9O. The number of aromatic nitrogens is 6. The first-order chi connectivity index (χ1) is 16.6. The summed E-state index contributed by atoms with van der Waals surface area (Å²) in [5.41, 5.74) is 2.66. The summed E-state index contributed by atoms with van der Waals surface area (Å²) in [4.78, 5) is 12.2. The Morgan fingerprint density at radius 1 is 1.12 bits per heavy atom. The molecule has 188 valence electrons. The number of aryl methyl sites for hydroxylation is 1. The average molecular weight is 472 g/mol. The van der Waals surface area contributed by atoms with Gasteiger partial charge in [0.15, 0.2) is 5.82 Å². The summed E-state index contributed by atoms with van der Waals surface area (Å²) < 4.78 is 9.38. The third-order valence-electron chi connectivity index (χ3n) is 7.20. The van der Waals surface area contributed by atoms with Gasteiger partial charge in [0.1, 0.15) is 11.0 Å². The highest BCUT2D eigenvalue weighted by atomic mass is 16.5. The van der Waals surface area contributed by atoms with E-state index in [-0.39, 0.29) is 2.85 Å². The summed E-state index contributed by atoms with van der Waals surface area (Å²) in [5, 5.41) is 16.0. The summed E-state index contributed by atoms with van der Waals surface area (Å²) in [6.07, 6.45) is 12.6. The van der Waals surface area contributed by atoms with Crippen molar-refractivity contribution in [3.05, 3.63) is 18.6 Å². The first-order valence-electron chi connectivity index (χ1n) is 12.7. The Morgan fingerprint density at radius 2 is 1.91 bits per heavy atom. The number of nitrogens with one attached hydrogen (secondary N) is 2. The highest BCUT2D eigenvalue weighted by Gasteiger charge is 2.27. The number of anilines is 3. The van der Waals surface area contributed by atoms with Gasteiger partial charge < -0.3 is 15.4 Å². The molecule has 1 saturated carbocycles. The molecule has 1 atom stereocenters. The standard InChI is InChI=1S/C24H37N9O.2H2/c1-4-5-17(2)33-16-19(14-26-33)28-24-29-21-15-25-31(3)22(21)23(30-24)27-18-6-8-20(9-7-18)32-10-12-34-13-11-32;;/h14-18,20H,4-13H2,1-3H3,(H2,27,28,29,30);2*1H. The van der Waals surface area contributed by atoms with E-state index in [4.69, 9.17) is 14.7 Å². The van der Waals surface area contributed by atoms with E-state index in [9.17, 15) is 0 Å². The van der Waals surface area contributed by atoms with Crippen LogP contribution in [0.1, 0.15) is 61.3 Å². The fraction of sp³-hybridized carbons (Fsp3) is 0.667. The van der Waals surface area contributed by atoms with Gasteiger partial charge in [-0.05, 0) is 39.0 Å². The van der Waals surface area contributed by atoms with Crippen LogP contribution in [0, 0.1) is 0 Å². The van der Waals surface area contributed by atoms with Crippen molar-refractivity contribution < 1.29 is 7.59 Å². The first-order valence-corrected chi connectivity index (χ1v) is 12.7. The van der Waals surface area contributed by atoms with Crippen molar-refractivity contribution in [3.63, 3.8) is 0 Å². The minimum Gasteiger partial charge on any atom is -0.379 e. The minimum absolute atomic E-state index is 0. The van der Waals surface area contributed by atoms with Crippen LogP contribution < -0.4 is 10.6 Å². The second kappa shape index (κ2) is 10.3. The van der Waals surface area contributed by atoms with Gasteiger partial charge in [-0.2, -0.15) is 15.2 Å². The molecule has 1 aliphatic heterocycles. The van der Waals surface area contributed by atoms with Crippen LogP contribution in [-0.2, 0) is 11.8 Å². The second-order valence-electron chi connectivity index (χ2n) is 9.67. The molecule has 2 aliphatic rings. The van der Waals surface area contributed by atoms with Crippen LogP contribution in [0.4, 0.5) is 17.5 Å². The van der Waals surface area contributed by atoms with Crippen molar-refractivity contribution in [1.82, 2.24) is 34.4 Å². The smallest absolute Gasteiger partial charge is 0.230 e. The normalized spacial score (nSPS) is 22.7. The van der Waals surface area contributed by atoms with Gasteiger partial charge in [0.05, 0.1) is 31.3 Å². The number of fused-ring (bicyclic) bond motifs is 1. The molecule has 1 aliphatic carbocycles. The van der Waals surface area contributed by atoms with Crippen LogP contribution >= 0.6 is 0 Å². The Labute approximate surface area is 204 Å². The van der Waals surface area contributed by atoms with Crippen LogP contribution in [-0.4, -0.2) is 72.8 Å². The van der Waals surface area contributed by atoms with Crippen LogP contribution in [0.5, 0.6) is 0 Å². The molecule has 0 radical (unpaired) electrons. The summed E-state index contributed by atoms with van der Waals surface area (Å²) in [7, 11) is 1.94. The SMILES string of the molecule is CCCC(C)n1cc(Nc2nc(NC3CCC(N4CCOCC4)CC3)c3c(cnn3C)n2)cn1.[HH].[HH]. The molecule has 0 amide bonds. The number of hydrogen-bond acceptors (Lipinski definition) is 8. The molecule has 3 aromatic heterocycles. The molecule has 2 fully saturated rings. The van der Waals surface area contributed by atoms with Crippen molar-refractivity contribution in [2.24, 2.45) is 7.05 Å². The van der Waals surface area contributed by atoms with Gasteiger partial charge >= 0.3 is 0 Å². The van der Waals surface area contributed by atoms with E-state index in [1.807, 2.05) is 28.8 Å². The third-order valence-corrected chi connectivity index (χ3v) is 7.20. The maximum absolute atomic E-state index is 5.52. The maximum Gasteiger partial charge on any atom is 0.230 e. The Morgan fingerprint density at radius 3 is 2.68 bits per heavy atom. The molecule has 34 heavy (non-hydrogen) atoms. The minimum atomic E-state index is 0. The predicted octanol–water partition coefficient (Wildman–Crippen LogP) is 4.21. The Bertz CT molecular complexity index is 1090. The number of nitrogens with zero attached hydrogens (tertiary/aromatic N) is 7. The number of ether oxygens (including phenoxy) is 1. The topological polar surface area (TPSA) is 98.0 Å². The van der Waals surface area contributed by atoms with Gasteiger partial charge in [-0.15, -0.1) is 0 Å². The molecule has 0 bridgehead atoms. The molecule has 10 heteroatoms. The predicted molar refractivity (Wildman–Crippen MR) is 138 cm³/mol. The number of hydrogen-bond donors (Lipinski definition) is 2. The lowest BCUT2D eigenvalue weighted by atomic mass is 9.90. The molecule has 3 aromatic rings. The fourth-order valence-corrected chi connectivity index (χ4v) is 5.28. The molecule has 2 N–H and O–H groups in total. The van der Waals surface area contributed by atoms with E-state index in [1.54, 1.807) is 6.20 Å². The van der Waals surface area contributed by atoms with Crippen LogP contribution in [0.2, 0.25) is 0 Å². The zero-order valence-electron chi connectivity index (χ0n) is 20.6. The molecular weight excluding hydrogens is 430 g/mol. The first kappa shape index (κ1) is 23.0. The van der Waals surface area contributed by atoms with E-state index in [2.05, 4.69) is 39.6 Å². The summed E-state index contributed by atoms with van der Waals surface area (Å²) in [6, 6.07) is 1.44. The van der Waals surface area contributed by atoms with Crippen LogP contribution in [0.3, 0.4) is 0 Å². The molecule has 10 nitrogen and oxygen atoms in total. The molecule has 5 rings (SSSR count). The molecule has 0 aromatic carbocycles. The van der Waals surface area contributed by atoms with Gasteiger partial charge in [0.25, 0.3) is 0 Å². The van der Waals surface area contributed by atoms with Crippen LogP contribution in [0.15, 0.2) is 18.6 Å². The van der Waals surface area contributed by atoms with Gasteiger partial charge in [0, 0.05) is 47.3 Å². The van der Waals surface area contributed by atoms with E-state index in [0.29, 0.717) is 24.1 Å². The van der Waals surface area contributed by atoms with E-state index in [0.717, 1.165) is 74.5 Å². The average Bonchev–Trinajstić information content (AvgIpc) is 3.47. The number of rotatable bonds is 8. The molecule has 4 heterocycles. The molecule has 1 unspecified atom stereocenters. The van der Waals surface area contributed by atoms with Gasteiger partial charge in [-0.25, -0.2) is 4.98 Å². The van der Waals surface area contributed by atoms with Crippen molar-refractivity contribution in [2.75, 3.05) is 36.9 Å². The van der Waals surface area contributed by atoms with Gasteiger partial charge in [-0.3, -0.25) is 14.3 Å². The van der Waals surface area contributed by atoms with E-state index in [1.165, 1.54) is 12.8 Å².